The van der Waals surface area contributed by atoms with Crippen LogP contribution in [-0.4, -0.2) is 0 Å². The maximum Gasteiger partial charge on any atom is 0.137 e. The molecular formula is C24H20N2. The number of hydrogen-bond donors (Lipinski definition) is 0. The molecule has 0 bridgehead atoms. The van der Waals surface area contributed by atoms with Gasteiger partial charge in [0.25, 0.3) is 0 Å². The molecule has 1 aliphatic carbocycles. The molecule has 2 nitrogen and oxygen atoms in total. The predicted molar refractivity (Wildman–Crippen MR) is 106 cm³/mol. The Balaban J connectivity index is 2.45. The van der Waals surface area contributed by atoms with Crippen LogP contribution >= 0.6 is 0 Å². The fourth-order valence-electron chi connectivity index (χ4n) is 3.73. The Kier molecular flexibility index (Phi) is 5.16. The molecule has 1 aliphatic rings. The molecule has 0 aliphatic heterocycles. The van der Waals surface area contributed by atoms with E-state index in [1.54, 1.807) is 0 Å². The summed E-state index contributed by atoms with van der Waals surface area (Å²) < 4.78 is 0. The normalized spacial score (nSPS) is 13.6. The molecule has 3 rings (SSSR count). The van der Waals surface area contributed by atoms with E-state index in [9.17, 15) is 10.5 Å². The minimum absolute atomic E-state index is 0.207. The van der Waals surface area contributed by atoms with Crippen molar-refractivity contribution in [3.8, 4) is 12.1 Å². The first-order valence-corrected chi connectivity index (χ1v) is 8.89. The molecule has 0 saturated heterocycles. The van der Waals surface area contributed by atoms with Crippen LogP contribution in [-0.2, 0) is 0 Å². The molecule has 26 heavy (non-hydrogen) atoms. The number of rotatable bonds is 4. The third-order valence-electron chi connectivity index (χ3n) is 4.76. The second kappa shape index (κ2) is 7.68. The summed E-state index contributed by atoms with van der Waals surface area (Å²) in [6.07, 6.45) is 1.54. The first-order chi connectivity index (χ1) is 12.8. The molecule has 0 spiro atoms. The van der Waals surface area contributed by atoms with Gasteiger partial charge in [-0.15, -0.1) is 0 Å². The van der Waals surface area contributed by atoms with E-state index < -0.39 is 0 Å². The van der Waals surface area contributed by atoms with Crippen molar-refractivity contribution < 1.29 is 0 Å². The lowest BCUT2D eigenvalue weighted by Gasteiger charge is -2.13. The van der Waals surface area contributed by atoms with Crippen molar-refractivity contribution in [1.29, 1.82) is 10.5 Å². The molecule has 0 fully saturated rings. The molecular weight excluding hydrogens is 316 g/mol. The van der Waals surface area contributed by atoms with Crippen LogP contribution in [0.3, 0.4) is 0 Å². The zero-order chi connectivity index (χ0) is 18.5. The molecule has 0 saturated carbocycles. The third-order valence-corrected chi connectivity index (χ3v) is 4.76. The van der Waals surface area contributed by atoms with Gasteiger partial charge < -0.3 is 0 Å². The number of nitriles is 2. The maximum absolute atomic E-state index is 9.55. The molecule has 2 aromatic carbocycles. The van der Waals surface area contributed by atoms with Crippen molar-refractivity contribution in [2.24, 2.45) is 0 Å². The SMILES string of the molecule is CCC1=C(c2ccccc2)C(c2ccccc2)=C(CC)C1=C(C#N)C#N. The fourth-order valence-corrected chi connectivity index (χ4v) is 3.73. The number of allylic oxidation sites excluding steroid dienone is 6. The molecule has 0 unspecified atom stereocenters. The van der Waals surface area contributed by atoms with E-state index in [1.807, 2.05) is 36.4 Å². The van der Waals surface area contributed by atoms with Gasteiger partial charge in [0, 0.05) is 5.57 Å². The Labute approximate surface area is 155 Å². The largest absolute Gasteiger partial charge is 0.192 e. The van der Waals surface area contributed by atoms with Gasteiger partial charge in [0.2, 0.25) is 0 Å². The van der Waals surface area contributed by atoms with E-state index in [2.05, 4.69) is 50.3 Å². The average Bonchev–Trinajstić information content (AvgIpc) is 3.04. The lowest BCUT2D eigenvalue weighted by Crippen LogP contribution is -1.94. The van der Waals surface area contributed by atoms with Gasteiger partial charge in [-0.3, -0.25) is 0 Å². The predicted octanol–water partition coefficient (Wildman–Crippen LogP) is 6.07. The fraction of sp³-hybridized carbons (Fsp3) is 0.167. The third kappa shape index (κ3) is 2.87. The van der Waals surface area contributed by atoms with Gasteiger partial charge >= 0.3 is 0 Å². The van der Waals surface area contributed by atoms with Crippen LogP contribution in [0.4, 0.5) is 0 Å². The lowest BCUT2D eigenvalue weighted by molar-refractivity contribution is 1.07. The van der Waals surface area contributed by atoms with Crippen LogP contribution in [0.2, 0.25) is 0 Å². The van der Waals surface area contributed by atoms with Gasteiger partial charge in [0.05, 0.1) is 0 Å². The highest BCUT2D eigenvalue weighted by Gasteiger charge is 2.31. The lowest BCUT2D eigenvalue weighted by atomic mass is 9.91. The second-order valence-corrected chi connectivity index (χ2v) is 6.12. The van der Waals surface area contributed by atoms with Crippen molar-refractivity contribution in [3.63, 3.8) is 0 Å². The Morgan fingerprint density at radius 2 is 1.08 bits per heavy atom. The number of benzene rings is 2. The standard InChI is InChI=1S/C24H20N2/c1-3-20-22(19(15-25)16-26)21(4-2)24(18-13-9-6-10-14-18)23(20)17-11-7-5-8-12-17/h5-14H,3-4H2,1-2H3. The van der Waals surface area contributed by atoms with Crippen molar-refractivity contribution in [1.82, 2.24) is 0 Å². The minimum atomic E-state index is 0.207. The molecule has 0 aromatic heterocycles. The van der Waals surface area contributed by atoms with Gasteiger partial charge in [0.15, 0.2) is 0 Å². The smallest absolute Gasteiger partial charge is 0.137 e. The van der Waals surface area contributed by atoms with Gasteiger partial charge in [-0.1, -0.05) is 74.5 Å². The van der Waals surface area contributed by atoms with Gasteiger partial charge in [-0.05, 0) is 46.3 Å². The Hall–Kier alpha value is -3.36. The maximum atomic E-state index is 9.55. The van der Waals surface area contributed by atoms with Gasteiger partial charge in [-0.25, -0.2) is 0 Å². The monoisotopic (exact) mass is 336 g/mol. The summed E-state index contributed by atoms with van der Waals surface area (Å²) in [5.41, 5.74) is 7.76. The molecule has 2 aromatic rings. The number of nitrogens with zero attached hydrogens (tertiary/aromatic N) is 2. The summed E-state index contributed by atoms with van der Waals surface area (Å²) in [6, 6.07) is 24.8. The highest BCUT2D eigenvalue weighted by Crippen LogP contribution is 2.50. The average molecular weight is 336 g/mol. The van der Waals surface area contributed by atoms with E-state index in [-0.39, 0.29) is 5.57 Å². The van der Waals surface area contributed by atoms with Crippen LogP contribution in [0.5, 0.6) is 0 Å². The molecule has 0 heterocycles. The summed E-state index contributed by atoms with van der Waals surface area (Å²) in [6.45, 7) is 4.18. The quantitative estimate of drug-likeness (QED) is 0.636. The van der Waals surface area contributed by atoms with E-state index in [0.29, 0.717) is 0 Å². The summed E-state index contributed by atoms with van der Waals surface area (Å²) in [5.74, 6) is 0. The van der Waals surface area contributed by atoms with E-state index in [1.165, 1.54) is 0 Å². The Morgan fingerprint density at radius 1 is 0.692 bits per heavy atom. The summed E-state index contributed by atoms with van der Waals surface area (Å²) in [7, 11) is 0. The van der Waals surface area contributed by atoms with Crippen molar-refractivity contribution in [2.75, 3.05) is 0 Å². The molecule has 0 radical (unpaired) electrons. The first kappa shape index (κ1) is 17.5. The number of hydrogen-bond acceptors (Lipinski definition) is 2. The van der Waals surface area contributed by atoms with Crippen molar-refractivity contribution in [3.05, 3.63) is 94.1 Å². The van der Waals surface area contributed by atoms with Crippen LogP contribution in [0.15, 0.2) is 83.0 Å². The topological polar surface area (TPSA) is 47.6 Å². The van der Waals surface area contributed by atoms with E-state index in [0.717, 1.165) is 51.8 Å². The highest BCUT2D eigenvalue weighted by atomic mass is 14.4. The molecule has 0 amide bonds. The van der Waals surface area contributed by atoms with Crippen LogP contribution < -0.4 is 0 Å². The van der Waals surface area contributed by atoms with Crippen molar-refractivity contribution >= 4 is 11.1 Å². The van der Waals surface area contributed by atoms with Crippen molar-refractivity contribution in [2.45, 2.75) is 26.7 Å². The Morgan fingerprint density at radius 3 is 1.38 bits per heavy atom. The summed E-state index contributed by atoms with van der Waals surface area (Å²) in [4.78, 5) is 0. The zero-order valence-electron chi connectivity index (χ0n) is 15.1. The molecule has 2 heteroatoms. The van der Waals surface area contributed by atoms with E-state index in [4.69, 9.17) is 0 Å². The van der Waals surface area contributed by atoms with Crippen LogP contribution in [0, 0.1) is 22.7 Å². The zero-order valence-corrected chi connectivity index (χ0v) is 15.1. The van der Waals surface area contributed by atoms with Gasteiger partial charge in [-0.2, -0.15) is 10.5 Å². The summed E-state index contributed by atoms with van der Waals surface area (Å²) >= 11 is 0. The molecule has 0 atom stereocenters. The molecule has 126 valence electrons. The van der Waals surface area contributed by atoms with Crippen LogP contribution in [0.25, 0.3) is 11.1 Å². The van der Waals surface area contributed by atoms with Gasteiger partial charge in [0.1, 0.15) is 17.7 Å². The minimum Gasteiger partial charge on any atom is -0.192 e. The molecule has 0 N–H and O–H groups in total. The van der Waals surface area contributed by atoms with E-state index >= 15 is 0 Å². The highest BCUT2D eigenvalue weighted by molar-refractivity contribution is 6.14. The Bertz CT molecular complexity index is 910. The second-order valence-electron chi connectivity index (χ2n) is 6.12. The van der Waals surface area contributed by atoms with Crippen LogP contribution in [0.1, 0.15) is 37.8 Å². The summed E-state index contributed by atoms with van der Waals surface area (Å²) in [5, 5.41) is 19.1. The first-order valence-electron chi connectivity index (χ1n) is 8.89.